The van der Waals surface area contributed by atoms with Crippen LogP contribution in [0.25, 0.3) is 0 Å². The molecular weight excluding hydrogens is 293 g/mol. The molecule has 1 aliphatic rings. The molecular formula is C16H21F3N2O. The van der Waals surface area contributed by atoms with E-state index >= 15 is 0 Å². The first-order chi connectivity index (χ1) is 10.5. The number of benzene rings is 1. The van der Waals surface area contributed by atoms with Crippen LogP contribution in [-0.2, 0) is 0 Å². The van der Waals surface area contributed by atoms with Gasteiger partial charge in [-0.3, -0.25) is 4.90 Å². The van der Waals surface area contributed by atoms with E-state index in [-0.39, 0.29) is 11.8 Å². The summed E-state index contributed by atoms with van der Waals surface area (Å²) in [5.74, 6) is -0.163. The predicted molar refractivity (Wildman–Crippen MR) is 79.7 cm³/mol. The highest BCUT2D eigenvalue weighted by atomic mass is 19.4. The number of halogens is 3. The Kier molecular flexibility index (Phi) is 5.85. The van der Waals surface area contributed by atoms with Crippen LogP contribution >= 0.6 is 0 Å². The summed E-state index contributed by atoms with van der Waals surface area (Å²) in [6.45, 7) is 7.28. The zero-order chi connectivity index (χ0) is 16.0. The molecule has 0 amide bonds. The minimum atomic E-state index is -4.66. The fourth-order valence-electron chi connectivity index (χ4n) is 2.75. The van der Waals surface area contributed by atoms with Crippen LogP contribution in [0.4, 0.5) is 13.2 Å². The van der Waals surface area contributed by atoms with Crippen LogP contribution in [0.1, 0.15) is 24.4 Å². The molecule has 2 rings (SSSR count). The van der Waals surface area contributed by atoms with E-state index in [2.05, 4.69) is 21.5 Å². The van der Waals surface area contributed by atoms with Gasteiger partial charge in [0.25, 0.3) is 0 Å². The van der Waals surface area contributed by atoms with Crippen molar-refractivity contribution in [1.29, 1.82) is 0 Å². The fraction of sp³-hybridized carbons (Fsp3) is 0.500. The number of hydrogen-bond acceptors (Lipinski definition) is 3. The van der Waals surface area contributed by atoms with E-state index in [1.54, 1.807) is 6.07 Å². The van der Waals surface area contributed by atoms with E-state index in [1.165, 1.54) is 12.1 Å². The van der Waals surface area contributed by atoms with Crippen molar-refractivity contribution in [3.8, 4) is 5.75 Å². The molecule has 22 heavy (non-hydrogen) atoms. The minimum absolute atomic E-state index is 0.0804. The topological polar surface area (TPSA) is 24.5 Å². The second-order valence-electron chi connectivity index (χ2n) is 5.29. The van der Waals surface area contributed by atoms with E-state index in [0.717, 1.165) is 44.6 Å². The Balaban J connectivity index is 2.18. The molecule has 6 heteroatoms. The van der Waals surface area contributed by atoms with Crippen molar-refractivity contribution in [1.82, 2.24) is 10.2 Å². The van der Waals surface area contributed by atoms with E-state index < -0.39 is 6.36 Å². The second-order valence-corrected chi connectivity index (χ2v) is 5.29. The van der Waals surface area contributed by atoms with E-state index in [0.29, 0.717) is 0 Å². The number of nitrogens with one attached hydrogen (secondary N) is 1. The van der Waals surface area contributed by atoms with E-state index in [1.807, 2.05) is 12.1 Å². The van der Waals surface area contributed by atoms with Crippen molar-refractivity contribution in [2.24, 2.45) is 0 Å². The maximum absolute atomic E-state index is 12.4. The molecule has 0 radical (unpaired) electrons. The molecule has 0 bridgehead atoms. The van der Waals surface area contributed by atoms with Gasteiger partial charge in [0, 0.05) is 32.2 Å². The fourth-order valence-corrected chi connectivity index (χ4v) is 2.75. The molecule has 0 aromatic heterocycles. The van der Waals surface area contributed by atoms with Crippen molar-refractivity contribution >= 4 is 0 Å². The number of allylic oxidation sites excluding steroid dienone is 1. The molecule has 1 aromatic carbocycles. The Morgan fingerprint density at radius 1 is 1.32 bits per heavy atom. The zero-order valence-electron chi connectivity index (χ0n) is 12.4. The highest BCUT2D eigenvalue weighted by Gasteiger charge is 2.31. The molecule has 122 valence electrons. The molecule has 1 atom stereocenters. The highest BCUT2D eigenvalue weighted by molar-refractivity contribution is 5.31. The lowest BCUT2D eigenvalue weighted by molar-refractivity contribution is -0.274. The van der Waals surface area contributed by atoms with Gasteiger partial charge < -0.3 is 10.1 Å². The summed E-state index contributed by atoms with van der Waals surface area (Å²) in [7, 11) is 0. The second kappa shape index (κ2) is 7.65. The van der Waals surface area contributed by atoms with Crippen molar-refractivity contribution in [2.75, 3.05) is 26.2 Å². The first-order valence-electron chi connectivity index (χ1n) is 7.41. The van der Waals surface area contributed by atoms with Gasteiger partial charge in [0.15, 0.2) is 0 Å². The Bertz CT molecular complexity index is 485. The lowest BCUT2D eigenvalue weighted by atomic mass is 9.99. The number of hydrogen-bond donors (Lipinski definition) is 1. The number of ether oxygens (including phenoxy) is 1. The molecule has 0 spiro atoms. The molecule has 0 aliphatic carbocycles. The third kappa shape index (κ3) is 5.03. The molecule has 1 aliphatic heterocycles. The summed E-state index contributed by atoms with van der Waals surface area (Å²) in [4.78, 5) is 2.30. The smallest absolute Gasteiger partial charge is 0.406 e. The van der Waals surface area contributed by atoms with Crippen LogP contribution in [0.3, 0.4) is 0 Å². The van der Waals surface area contributed by atoms with Gasteiger partial charge in [-0.05, 0) is 30.5 Å². The van der Waals surface area contributed by atoms with Gasteiger partial charge in [-0.1, -0.05) is 18.2 Å². The first kappa shape index (κ1) is 16.8. The summed E-state index contributed by atoms with van der Waals surface area (Å²) in [6.07, 6.45) is -1.17. The van der Waals surface area contributed by atoms with Gasteiger partial charge in [0.2, 0.25) is 0 Å². The Morgan fingerprint density at radius 3 is 2.68 bits per heavy atom. The maximum atomic E-state index is 12.4. The van der Waals surface area contributed by atoms with Crippen LogP contribution in [0.15, 0.2) is 36.9 Å². The third-order valence-electron chi connectivity index (χ3n) is 3.71. The van der Waals surface area contributed by atoms with E-state index in [4.69, 9.17) is 0 Å². The molecule has 0 saturated carbocycles. The quantitative estimate of drug-likeness (QED) is 0.813. The van der Waals surface area contributed by atoms with Crippen molar-refractivity contribution < 1.29 is 17.9 Å². The summed E-state index contributed by atoms with van der Waals surface area (Å²) >= 11 is 0. The minimum Gasteiger partial charge on any atom is -0.406 e. The Morgan fingerprint density at radius 2 is 2.05 bits per heavy atom. The normalized spacial score (nSPS) is 18.0. The summed E-state index contributed by atoms with van der Waals surface area (Å²) in [5.41, 5.74) is 0.852. The Hall–Kier alpha value is -1.53. The predicted octanol–water partition coefficient (Wildman–Crippen LogP) is 3.50. The lowest BCUT2D eigenvalue weighted by Crippen LogP contribution is -2.45. The summed E-state index contributed by atoms with van der Waals surface area (Å²) in [5, 5.41) is 3.28. The van der Waals surface area contributed by atoms with Crippen molar-refractivity contribution in [3.63, 3.8) is 0 Å². The number of nitrogens with zero attached hydrogens (tertiary/aromatic N) is 1. The summed E-state index contributed by atoms with van der Waals surface area (Å²) < 4.78 is 41.2. The molecule has 1 saturated heterocycles. The highest BCUT2D eigenvalue weighted by Crippen LogP contribution is 2.30. The average molecular weight is 314 g/mol. The van der Waals surface area contributed by atoms with Gasteiger partial charge in [-0.25, -0.2) is 0 Å². The van der Waals surface area contributed by atoms with Gasteiger partial charge in [-0.15, -0.1) is 19.8 Å². The van der Waals surface area contributed by atoms with Crippen LogP contribution in [-0.4, -0.2) is 37.4 Å². The Labute approximate surface area is 128 Å². The number of rotatable bonds is 6. The van der Waals surface area contributed by atoms with Crippen LogP contribution in [0, 0.1) is 0 Å². The molecule has 1 fully saturated rings. The zero-order valence-corrected chi connectivity index (χ0v) is 12.4. The number of alkyl halides is 3. The third-order valence-corrected chi connectivity index (χ3v) is 3.71. The monoisotopic (exact) mass is 314 g/mol. The molecule has 0 unspecified atom stereocenters. The van der Waals surface area contributed by atoms with E-state index in [9.17, 15) is 13.2 Å². The van der Waals surface area contributed by atoms with Gasteiger partial charge in [-0.2, -0.15) is 0 Å². The van der Waals surface area contributed by atoms with Crippen molar-refractivity contribution in [2.45, 2.75) is 25.2 Å². The molecule has 1 aromatic rings. The van der Waals surface area contributed by atoms with Gasteiger partial charge >= 0.3 is 6.36 Å². The van der Waals surface area contributed by atoms with Gasteiger partial charge in [0.1, 0.15) is 5.75 Å². The SMILES string of the molecule is C=CCC[C@@H](c1cccc(OC(F)(F)F)c1)N1CCNCC1. The van der Waals surface area contributed by atoms with Crippen LogP contribution in [0.5, 0.6) is 5.75 Å². The van der Waals surface area contributed by atoms with Crippen molar-refractivity contribution in [3.05, 3.63) is 42.5 Å². The van der Waals surface area contributed by atoms with Gasteiger partial charge in [0.05, 0.1) is 0 Å². The molecule has 1 heterocycles. The van der Waals surface area contributed by atoms with Crippen LogP contribution in [0.2, 0.25) is 0 Å². The molecule has 1 N–H and O–H groups in total. The standard InChI is InChI=1S/C16H21F3N2O/c1-2-3-7-15(21-10-8-20-9-11-21)13-5-4-6-14(12-13)22-16(17,18)19/h2,4-6,12,15,20H,1,3,7-11H2/t15-/m0/s1. The molecule has 3 nitrogen and oxygen atoms in total. The number of piperazine rings is 1. The average Bonchev–Trinajstić information content (AvgIpc) is 2.47. The largest absolute Gasteiger partial charge is 0.573 e. The maximum Gasteiger partial charge on any atom is 0.573 e. The first-order valence-corrected chi connectivity index (χ1v) is 7.41. The summed E-state index contributed by atoms with van der Waals surface area (Å²) in [6, 6.07) is 6.37. The van der Waals surface area contributed by atoms with Crippen LogP contribution < -0.4 is 10.1 Å². The lowest BCUT2D eigenvalue weighted by Gasteiger charge is -2.35.